The number of carbonyl (C=O) groups excluding carboxylic acids is 2. The van der Waals surface area contributed by atoms with E-state index in [1.165, 1.54) is 6.26 Å². The smallest absolute Gasteiger partial charge is 0.289 e. The molecule has 1 saturated carbocycles. The van der Waals surface area contributed by atoms with Crippen molar-refractivity contribution < 1.29 is 14.0 Å². The summed E-state index contributed by atoms with van der Waals surface area (Å²) in [5.41, 5.74) is 0.541. The Bertz CT molecular complexity index is 714. The molecule has 2 fully saturated rings. The van der Waals surface area contributed by atoms with Crippen LogP contribution >= 0.6 is 0 Å². The van der Waals surface area contributed by atoms with Gasteiger partial charge in [-0.25, -0.2) is 0 Å². The van der Waals surface area contributed by atoms with Gasteiger partial charge in [0, 0.05) is 25.0 Å². The SMILES string of the molecule is O=C(N[C@H]1C[C@@H]2C[C@H]1N(C(=O)c1ccco1)C2)c1cccnc1. The molecule has 1 saturated heterocycles. The highest BCUT2D eigenvalue weighted by molar-refractivity contribution is 5.94. The number of carbonyl (C=O) groups is 2. The Hall–Kier alpha value is -2.63. The zero-order valence-electron chi connectivity index (χ0n) is 12.5. The van der Waals surface area contributed by atoms with E-state index in [1.807, 2.05) is 4.90 Å². The number of pyridine rings is 1. The van der Waals surface area contributed by atoms with Crippen LogP contribution in [0, 0.1) is 5.92 Å². The molecule has 2 bridgehead atoms. The van der Waals surface area contributed by atoms with E-state index in [4.69, 9.17) is 4.42 Å². The Morgan fingerprint density at radius 1 is 1.26 bits per heavy atom. The lowest BCUT2D eigenvalue weighted by atomic mass is 10.0. The number of aromatic nitrogens is 1. The van der Waals surface area contributed by atoms with Crippen molar-refractivity contribution in [3.05, 3.63) is 54.2 Å². The zero-order valence-corrected chi connectivity index (χ0v) is 12.5. The summed E-state index contributed by atoms with van der Waals surface area (Å²) in [5, 5.41) is 3.05. The van der Waals surface area contributed by atoms with E-state index in [1.54, 1.807) is 36.7 Å². The number of amides is 2. The largest absolute Gasteiger partial charge is 0.459 e. The van der Waals surface area contributed by atoms with Crippen LogP contribution in [-0.4, -0.2) is 40.3 Å². The number of rotatable bonds is 3. The summed E-state index contributed by atoms with van der Waals surface area (Å²) in [5.74, 6) is 0.567. The Kier molecular flexibility index (Phi) is 3.37. The second-order valence-electron chi connectivity index (χ2n) is 6.16. The molecule has 0 aromatic carbocycles. The van der Waals surface area contributed by atoms with Gasteiger partial charge < -0.3 is 14.6 Å². The first-order chi connectivity index (χ1) is 11.2. The first-order valence-corrected chi connectivity index (χ1v) is 7.78. The highest BCUT2D eigenvalue weighted by Gasteiger charge is 2.47. The van der Waals surface area contributed by atoms with Crippen LogP contribution in [0.3, 0.4) is 0 Å². The molecule has 0 radical (unpaired) electrons. The monoisotopic (exact) mass is 311 g/mol. The molecule has 0 spiro atoms. The maximum Gasteiger partial charge on any atom is 0.289 e. The minimum atomic E-state index is -0.138. The van der Waals surface area contributed by atoms with Crippen LogP contribution in [0.1, 0.15) is 33.8 Å². The minimum absolute atomic E-state index is 0.0135. The van der Waals surface area contributed by atoms with E-state index >= 15 is 0 Å². The molecule has 2 aliphatic rings. The van der Waals surface area contributed by atoms with Crippen LogP contribution in [0.15, 0.2) is 47.3 Å². The summed E-state index contributed by atoms with van der Waals surface area (Å²) in [6, 6.07) is 6.89. The molecule has 0 unspecified atom stereocenters. The lowest BCUT2D eigenvalue weighted by molar-refractivity contribution is 0.0619. The lowest BCUT2D eigenvalue weighted by Crippen LogP contribution is -2.51. The fourth-order valence-corrected chi connectivity index (χ4v) is 3.70. The van der Waals surface area contributed by atoms with Crippen LogP contribution in [-0.2, 0) is 0 Å². The number of hydrogen-bond acceptors (Lipinski definition) is 4. The number of nitrogens with zero attached hydrogens (tertiary/aromatic N) is 2. The third kappa shape index (κ3) is 2.50. The molecule has 6 heteroatoms. The third-order valence-electron chi connectivity index (χ3n) is 4.71. The molecule has 1 aliphatic carbocycles. The van der Waals surface area contributed by atoms with Crippen molar-refractivity contribution in [3.8, 4) is 0 Å². The zero-order chi connectivity index (χ0) is 15.8. The van der Waals surface area contributed by atoms with Gasteiger partial charge in [-0.05, 0) is 43.0 Å². The minimum Gasteiger partial charge on any atom is -0.459 e. The lowest BCUT2D eigenvalue weighted by Gasteiger charge is -2.33. The molecule has 6 nitrogen and oxygen atoms in total. The van der Waals surface area contributed by atoms with Gasteiger partial charge in [0.15, 0.2) is 5.76 Å². The molecule has 3 atom stereocenters. The van der Waals surface area contributed by atoms with Gasteiger partial charge >= 0.3 is 0 Å². The van der Waals surface area contributed by atoms with Crippen LogP contribution in [0.5, 0.6) is 0 Å². The summed E-state index contributed by atoms with van der Waals surface area (Å²) in [6.45, 7) is 0.740. The first kappa shape index (κ1) is 14.0. The number of piperidine rings is 1. The standard InChI is InChI=1S/C17H17N3O3/c21-16(12-3-1-5-18-9-12)19-13-7-11-8-14(13)20(10-11)17(22)15-4-2-6-23-15/h1-6,9,11,13-14H,7-8,10H2,(H,19,21)/t11-,13+,14-/m1/s1. The van der Waals surface area contributed by atoms with E-state index in [0.717, 1.165) is 19.4 Å². The van der Waals surface area contributed by atoms with Gasteiger partial charge in [-0.15, -0.1) is 0 Å². The number of hydrogen-bond donors (Lipinski definition) is 1. The van der Waals surface area contributed by atoms with Crippen LogP contribution in [0.2, 0.25) is 0 Å². The van der Waals surface area contributed by atoms with Gasteiger partial charge in [0.1, 0.15) is 0 Å². The second-order valence-corrected chi connectivity index (χ2v) is 6.16. The molecule has 2 aromatic heterocycles. The molecule has 1 N–H and O–H groups in total. The van der Waals surface area contributed by atoms with E-state index in [9.17, 15) is 9.59 Å². The molecule has 2 aromatic rings. The molecular weight excluding hydrogens is 294 g/mol. The quantitative estimate of drug-likeness (QED) is 0.936. The highest BCUT2D eigenvalue weighted by Crippen LogP contribution is 2.38. The van der Waals surface area contributed by atoms with Crippen molar-refractivity contribution in [2.45, 2.75) is 24.9 Å². The van der Waals surface area contributed by atoms with Crippen molar-refractivity contribution in [3.63, 3.8) is 0 Å². The van der Waals surface area contributed by atoms with Gasteiger partial charge in [0.05, 0.1) is 17.9 Å². The predicted molar refractivity (Wildman–Crippen MR) is 81.7 cm³/mol. The van der Waals surface area contributed by atoms with E-state index in [2.05, 4.69) is 10.3 Å². The maximum atomic E-state index is 12.5. The maximum absolute atomic E-state index is 12.5. The van der Waals surface area contributed by atoms with Crippen molar-refractivity contribution in [1.29, 1.82) is 0 Å². The van der Waals surface area contributed by atoms with Crippen molar-refractivity contribution >= 4 is 11.8 Å². The predicted octanol–water partition coefficient (Wildman–Crippen LogP) is 1.71. The van der Waals surface area contributed by atoms with Gasteiger partial charge in [0.2, 0.25) is 0 Å². The molecule has 23 heavy (non-hydrogen) atoms. The van der Waals surface area contributed by atoms with Crippen LogP contribution < -0.4 is 5.32 Å². The second kappa shape index (κ2) is 5.53. The Labute approximate surface area is 133 Å². The molecule has 3 heterocycles. The highest BCUT2D eigenvalue weighted by atomic mass is 16.3. The number of likely N-dealkylation sites (tertiary alicyclic amines) is 1. The normalized spacial score (nSPS) is 25.6. The number of fused-ring (bicyclic) bond motifs is 2. The average Bonchev–Trinajstić information content (AvgIpc) is 3.31. The fraction of sp³-hybridized carbons (Fsp3) is 0.353. The molecule has 118 valence electrons. The summed E-state index contributed by atoms with van der Waals surface area (Å²) in [6.07, 6.45) is 6.54. The Balaban J connectivity index is 1.47. The van der Waals surface area contributed by atoms with Gasteiger partial charge in [-0.2, -0.15) is 0 Å². The van der Waals surface area contributed by atoms with Crippen molar-refractivity contribution in [2.75, 3.05) is 6.54 Å². The Morgan fingerprint density at radius 2 is 2.17 bits per heavy atom. The topological polar surface area (TPSA) is 75.4 Å². The fourth-order valence-electron chi connectivity index (χ4n) is 3.70. The summed E-state index contributed by atoms with van der Waals surface area (Å²) in [7, 11) is 0. The molecular formula is C17H17N3O3. The third-order valence-corrected chi connectivity index (χ3v) is 4.71. The van der Waals surface area contributed by atoms with Gasteiger partial charge in [-0.3, -0.25) is 14.6 Å². The van der Waals surface area contributed by atoms with Crippen molar-refractivity contribution in [1.82, 2.24) is 15.2 Å². The number of nitrogens with one attached hydrogen (secondary N) is 1. The van der Waals surface area contributed by atoms with Gasteiger partial charge in [0.25, 0.3) is 11.8 Å². The summed E-state index contributed by atoms with van der Waals surface area (Å²) >= 11 is 0. The first-order valence-electron chi connectivity index (χ1n) is 7.78. The van der Waals surface area contributed by atoms with E-state index < -0.39 is 0 Å². The van der Waals surface area contributed by atoms with E-state index in [0.29, 0.717) is 17.2 Å². The summed E-state index contributed by atoms with van der Waals surface area (Å²) in [4.78, 5) is 30.6. The van der Waals surface area contributed by atoms with Crippen LogP contribution in [0.25, 0.3) is 0 Å². The molecule has 1 aliphatic heterocycles. The molecule has 2 amide bonds. The van der Waals surface area contributed by atoms with E-state index in [-0.39, 0.29) is 23.9 Å². The van der Waals surface area contributed by atoms with Gasteiger partial charge in [-0.1, -0.05) is 0 Å². The van der Waals surface area contributed by atoms with Crippen molar-refractivity contribution in [2.24, 2.45) is 5.92 Å². The van der Waals surface area contributed by atoms with Crippen LogP contribution in [0.4, 0.5) is 0 Å². The average molecular weight is 311 g/mol. The molecule has 4 rings (SSSR count). The number of furan rings is 1. The summed E-state index contributed by atoms with van der Waals surface area (Å²) < 4.78 is 5.21. The Morgan fingerprint density at radius 3 is 2.87 bits per heavy atom.